The van der Waals surface area contributed by atoms with E-state index in [1.807, 2.05) is 0 Å². The van der Waals surface area contributed by atoms with Gasteiger partial charge in [0, 0.05) is 14.0 Å². The number of ether oxygens (including phenoxy) is 2. The highest BCUT2D eigenvalue weighted by molar-refractivity contribution is 5.79. The molecule has 1 fully saturated rings. The van der Waals surface area contributed by atoms with Crippen molar-refractivity contribution in [3.8, 4) is 0 Å². The molecule has 1 heterocycles. The molecule has 0 unspecified atom stereocenters. The second-order valence-electron chi connectivity index (χ2n) is 2.45. The fraction of sp³-hybridized carbons (Fsp3) is 0.714. The van der Waals surface area contributed by atoms with Crippen LogP contribution in [0, 0.1) is 6.92 Å². The summed E-state index contributed by atoms with van der Waals surface area (Å²) in [5.41, 5.74) is 0. The highest BCUT2D eigenvalue weighted by Crippen LogP contribution is 2.04. The zero-order valence-corrected chi connectivity index (χ0v) is 6.58. The van der Waals surface area contributed by atoms with E-state index in [9.17, 15) is 4.79 Å². The Morgan fingerprint density at radius 2 is 2.18 bits per heavy atom. The lowest BCUT2D eigenvalue weighted by Crippen LogP contribution is -2.33. The number of hydrogen-bond donors (Lipinski definition) is 0. The zero-order valence-electron chi connectivity index (χ0n) is 6.58. The van der Waals surface area contributed by atoms with Gasteiger partial charge in [0.1, 0.15) is 0 Å². The Morgan fingerprint density at radius 3 is 2.64 bits per heavy atom. The predicted molar refractivity (Wildman–Crippen MR) is 38.7 cm³/mol. The fourth-order valence-corrected chi connectivity index (χ4v) is 0.838. The molecule has 4 nitrogen and oxygen atoms in total. The lowest BCUT2D eigenvalue weighted by Gasteiger charge is -2.17. The minimum absolute atomic E-state index is 0.218. The van der Waals surface area contributed by atoms with Crippen LogP contribution in [0.1, 0.15) is 0 Å². The second kappa shape index (κ2) is 3.69. The third-order valence-corrected chi connectivity index (χ3v) is 1.54. The van der Waals surface area contributed by atoms with Gasteiger partial charge in [0.25, 0.3) is 0 Å². The average molecular weight is 158 g/mol. The maximum atomic E-state index is 10.6. The van der Waals surface area contributed by atoms with Gasteiger partial charge >= 0.3 is 0 Å². The van der Waals surface area contributed by atoms with Crippen LogP contribution in [0.3, 0.4) is 0 Å². The molecule has 0 bridgehead atoms. The first-order valence-electron chi connectivity index (χ1n) is 3.50. The molecule has 1 aliphatic rings. The topological polar surface area (TPSA) is 38.8 Å². The van der Waals surface area contributed by atoms with E-state index < -0.39 is 0 Å². The van der Waals surface area contributed by atoms with Gasteiger partial charge in [-0.3, -0.25) is 4.79 Å². The van der Waals surface area contributed by atoms with Crippen LogP contribution in [0.5, 0.6) is 0 Å². The van der Waals surface area contributed by atoms with E-state index in [0.29, 0.717) is 19.8 Å². The molecule has 0 saturated carbocycles. The van der Waals surface area contributed by atoms with Crippen LogP contribution < -0.4 is 0 Å². The van der Waals surface area contributed by atoms with Crippen LogP contribution >= 0.6 is 0 Å². The summed E-state index contributed by atoms with van der Waals surface area (Å²) in [7, 11) is 1.67. The highest BCUT2D eigenvalue weighted by atomic mass is 16.7. The van der Waals surface area contributed by atoms with Gasteiger partial charge in [0.2, 0.25) is 5.91 Å². The maximum absolute atomic E-state index is 10.6. The molecule has 0 aromatic rings. The summed E-state index contributed by atoms with van der Waals surface area (Å²) in [6.07, 6.45) is -0.259. The summed E-state index contributed by atoms with van der Waals surface area (Å²) in [6, 6.07) is 0. The molecule has 1 rings (SSSR count). The Balaban J connectivity index is 2.23. The Morgan fingerprint density at radius 1 is 1.64 bits per heavy atom. The molecule has 0 atom stereocenters. The number of likely N-dealkylation sites (N-methyl/N-ethyl adjacent to an activating group) is 1. The lowest BCUT2D eigenvalue weighted by molar-refractivity contribution is -0.130. The summed E-state index contributed by atoms with van der Waals surface area (Å²) in [6.45, 7) is 4.95. The highest BCUT2D eigenvalue weighted by Gasteiger charge is 2.18. The molecule has 0 aromatic heterocycles. The molecule has 0 spiro atoms. The van der Waals surface area contributed by atoms with Crippen LogP contribution in [0.4, 0.5) is 0 Å². The first-order chi connectivity index (χ1) is 5.20. The summed E-state index contributed by atoms with van der Waals surface area (Å²) >= 11 is 0. The summed E-state index contributed by atoms with van der Waals surface area (Å²) in [5, 5.41) is 0. The summed E-state index contributed by atoms with van der Waals surface area (Å²) < 4.78 is 10.3. The minimum atomic E-state index is -0.259. The lowest BCUT2D eigenvalue weighted by atomic mass is 10.5. The van der Waals surface area contributed by atoms with Crippen LogP contribution in [0.2, 0.25) is 0 Å². The first kappa shape index (κ1) is 8.49. The molecule has 11 heavy (non-hydrogen) atoms. The van der Waals surface area contributed by atoms with Crippen LogP contribution in [0.25, 0.3) is 0 Å². The molecule has 1 aliphatic heterocycles. The van der Waals surface area contributed by atoms with Crippen molar-refractivity contribution in [1.82, 2.24) is 4.90 Å². The van der Waals surface area contributed by atoms with Crippen molar-refractivity contribution < 1.29 is 14.3 Å². The monoisotopic (exact) mass is 158 g/mol. The molecule has 4 heteroatoms. The van der Waals surface area contributed by atoms with Crippen molar-refractivity contribution in [2.75, 3.05) is 26.8 Å². The van der Waals surface area contributed by atoms with E-state index in [1.54, 1.807) is 7.05 Å². The van der Waals surface area contributed by atoms with Crippen molar-refractivity contribution >= 4 is 5.91 Å². The summed E-state index contributed by atoms with van der Waals surface area (Å²) in [4.78, 5) is 12.1. The number of nitrogens with zero attached hydrogens (tertiary/aromatic N) is 1. The summed E-state index contributed by atoms with van der Waals surface area (Å²) in [5.74, 6) is -0.218. The molecular weight excluding hydrogens is 146 g/mol. The van der Waals surface area contributed by atoms with Gasteiger partial charge in [-0.2, -0.15) is 0 Å². The number of carbonyl (C=O) groups excluding carboxylic acids is 1. The van der Waals surface area contributed by atoms with E-state index in [2.05, 4.69) is 6.92 Å². The molecule has 1 amide bonds. The standard InChI is InChI=1S/C7H12NO3/c1-6(9)8(2)5-7-10-3-4-11-7/h7H,1,3-5H2,2H3. The zero-order chi connectivity index (χ0) is 8.27. The van der Waals surface area contributed by atoms with Gasteiger partial charge in [-0.15, -0.1) is 0 Å². The van der Waals surface area contributed by atoms with Gasteiger partial charge in [-0.25, -0.2) is 0 Å². The quantitative estimate of drug-likeness (QED) is 0.551. The normalized spacial score (nSPS) is 18.7. The van der Waals surface area contributed by atoms with Crippen LogP contribution in [-0.2, 0) is 14.3 Å². The SMILES string of the molecule is [CH2]C(=O)N(C)CC1OCCO1. The molecule has 63 valence electrons. The van der Waals surface area contributed by atoms with Gasteiger partial charge in [0.05, 0.1) is 19.8 Å². The van der Waals surface area contributed by atoms with Crippen LogP contribution in [-0.4, -0.2) is 43.9 Å². The van der Waals surface area contributed by atoms with E-state index in [0.717, 1.165) is 0 Å². The first-order valence-corrected chi connectivity index (χ1v) is 3.50. The minimum Gasteiger partial charge on any atom is -0.348 e. The molecule has 0 aliphatic carbocycles. The van der Waals surface area contributed by atoms with Gasteiger partial charge in [-0.1, -0.05) is 0 Å². The van der Waals surface area contributed by atoms with Crippen molar-refractivity contribution in [2.24, 2.45) is 0 Å². The van der Waals surface area contributed by atoms with Crippen molar-refractivity contribution in [2.45, 2.75) is 6.29 Å². The average Bonchev–Trinajstić information content (AvgIpc) is 2.39. The van der Waals surface area contributed by atoms with E-state index >= 15 is 0 Å². The number of carbonyl (C=O) groups is 1. The smallest absolute Gasteiger partial charge is 0.223 e. The van der Waals surface area contributed by atoms with Gasteiger partial charge < -0.3 is 14.4 Å². The van der Waals surface area contributed by atoms with Crippen molar-refractivity contribution in [1.29, 1.82) is 0 Å². The Labute approximate surface area is 66.1 Å². The van der Waals surface area contributed by atoms with Gasteiger partial charge in [0.15, 0.2) is 6.29 Å². The van der Waals surface area contributed by atoms with E-state index in [-0.39, 0.29) is 12.2 Å². The number of amides is 1. The Kier molecular flexibility index (Phi) is 2.84. The molecule has 0 aromatic carbocycles. The van der Waals surface area contributed by atoms with Crippen LogP contribution in [0.15, 0.2) is 0 Å². The van der Waals surface area contributed by atoms with Crippen molar-refractivity contribution in [3.63, 3.8) is 0 Å². The van der Waals surface area contributed by atoms with E-state index in [4.69, 9.17) is 9.47 Å². The molecule has 0 N–H and O–H groups in total. The third-order valence-electron chi connectivity index (χ3n) is 1.54. The van der Waals surface area contributed by atoms with E-state index in [1.165, 1.54) is 4.90 Å². The third kappa shape index (κ3) is 2.48. The fourth-order valence-electron chi connectivity index (χ4n) is 0.838. The molecular formula is C7H12NO3. The number of rotatable bonds is 2. The maximum Gasteiger partial charge on any atom is 0.223 e. The predicted octanol–water partition coefficient (Wildman–Crippen LogP) is -0.348. The van der Waals surface area contributed by atoms with Crippen molar-refractivity contribution in [3.05, 3.63) is 6.92 Å². The Bertz CT molecular complexity index is 143. The number of hydrogen-bond acceptors (Lipinski definition) is 3. The second-order valence-corrected chi connectivity index (χ2v) is 2.45. The molecule has 1 radical (unpaired) electrons. The molecule has 1 saturated heterocycles. The Hall–Kier alpha value is -0.610. The largest absolute Gasteiger partial charge is 0.348 e. The van der Waals surface area contributed by atoms with Gasteiger partial charge in [-0.05, 0) is 0 Å².